The summed E-state index contributed by atoms with van der Waals surface area (Å²) >= 11 is -0.184. The van der Waals surface area contributed by atoms with Crippen molar-refractivity contribution in [2.45, 2.75) is 13.3 Å². The van der Waals surface area contributed by atoms with Crippen LogP contribution >= 0.6 is 0 Å². The predicted molar refractivity (Wildman–Crippen MR) is 26.3 cm³/mol. The Balaban J connectivity index is 2.83. The molecule has 0 aliphatic rings. The Kier molecular flexibility index (Phi) is 5.25. The molecule has 0 bridgehead atoms. The Bertz CT molecular complexity index is 42.7. The third-order valence-electron chi connectivity index (χ3n) is 0.588. The van der Waals surface area contributed by atoms with Gasteiger partial charge in [-0.05, 0) is 0 Å². The van der Waals surface area contributed by atoms with E-state index in [4.69, 9.17) is 0 Å². The molecule has 7 heavy (non-hydrogen) atoms. The number of hydrogen-bond acceptors (Lipinski definition) is 2. The van der Waals surface area contributed by atoms with Crippen molar-refractivity contribution in [1.29, 1.82) is 0 Å². The van der Waals surface area contributed by atoms with Crippen LogP contribution in [0, 0.1) is 5.21 Å². The number of hydroxylamine groups is 1. The van der Waals surface area contributed by atoms with Gasteiger partial charge in [-0.1, -0.05) is 0 Å². The molecule has 0 heterocycles. The van der Waals surface area contributed by atoms with Crippen molar-refractivity contribution in [3.63, 3.8) is 0 Å². The van der Waals surface area contributed by atoms with Crippen LogP contribution in [0.5, 0.6) is 0 Å². The standard InChI is InChI=1S/C4H10INO/c1-3-4-6(7)5-2/h3-4H2,1-2H3/q-2. The average Bonchev–Trinajstić information content (AvgIpc) is 1.68. The van der Waals surface area contributed by atoms with Crippen LogP contribution < -0.4 is 21.5 Å². The summed E-state index contributed by atoms with van der Waals surface area (Å²) in [6, 6.07) is 0. The molecule has 0 N–H and O–H groups in total. The fourth-order valence-corrected chi connectivity index (χ4v) is 1.23. The minimum atomic E-state index is -0.184. The normalized spacial score (nSPS) is 10.9. The third-order valence-corrected chi connectivity index (χ3v) is 2.15. The molecule has 0 rings (SSSR count). The van der Waals surface area contributed by atoms with E-state index in [0.717, 1.165) is 13.0 Å². The van der Waals surface area contributed by atoms with Crippen LogP contribution in [0.4, 0.5) is 0 Å². The van der Waals surface area contributed by atoms with Gasteiger partial charge in [-0.2, -0.15) is 0 Å². The molecule has 0 aromatic heterocycles. The van der Waals surface area contributed by atoms with Crippen LogP contribution in [-0.2, 0) is 0 Å². The van der Waals surface area contributed by atoms with E-state index in [-0.39, 0.29) is 21.5 Å². The Morgan fingerprint density at radius 1 is 1.71 bits per heavy atom. The summed E-state index contributed by atoms with van der Waals surface area (Å²) in [4.78, 5) is 1.97. The molecule has 0 saturated heterocycles. The molecule has 0 aliphatic heterocycles. The second-order valence-electron chi connectivity index (χ2n) is 1.21. The number of halogens is 1. The summed E-state index contributed by atoms with van der Waals surface area (Å²) in [6.07, 6.45) is 0.983. The zero-order valence-corrected chi connectivity index (χ0v) is 6.81. The van der Waals surface area contributed by atoms with E-state index in [1.165, 1.54) is 3.28 Å². The maximum atomic E-state index is 10.4. The van der Waals surface area contributed by atoms with Gasteiger partial charge in [0.05, 0.1) is 0 Å². The van der Waals surface area contributed by atoms with Crippen molar-refractivity contribution in [2.24, 2.45) is 0 Å². The van der Waals surface area contributed by atoms with Crippen LogP contribution in [-0.4, -0.2) is 14.8 Å². The SMILES string of the molecule is CCCN([O-])[I-]C. The third kappa shape index (κ3) is 4.50. The molecule has 3 heteroatoms. The van der Waals surface area contributed by atoms with Gasteiger partial charge in [-0.25, -0.2) is 0 Å². The van der Waals surface area contributed by atoms with E-state index in [1.54, 1.807) is 0 Å². The van der Waals surface area contributed by atoms with Gasteiger partial charge in [0, 0.05) is 0 Å². The minimum absolute atomic E-state index is 0.184. The van der Waals surface area contributed by atoms with E-state index in [2.05, 4.69) is 0 Å². The second kappa shape index (κ2) is 4.80. The van der Waals surface area contributed by atoms with E-state index in [9.17, 15) is 5.21 Å². The molecule has 0 unspecified atom stereocenters. The fraction of sp³-hybridized carbons (Fsp3) is 1.00. The molecular weight excluding hydrogens is 205 g/mol. The molecule has 0 fully saturated rings. The fourth-order valence-electron chi connectivity index (χ4n) is 0.260. The Hall–Kier alpha value is 0.650. The van der Waals surface area contributed by atoms with Crippen molar-refractivity contribution >= 4 is 0 Å². The predicted octanol–water partition coefficient (Wildman–Crippen LogP) is -2.17. The zero-order chi connectivity index (χ0) is 5.70. The van der Waals surface area contributed by atoms with Crippen molar-refractivity contribution < 1.29 is 21.5 Å². The molecule has 0 atom stereocenters. The number of alkyl halides is 1. The van der Waals surface area contributed by atoms with Crippen LogP contribution in [0.3, 0.4) is 0 Å². The molecule has 0 spiro atoms. The Labute approximate surface area is 55.1 Å². The summed E-state index contributed by atoms with van der Waals surface area (Å²) in [6.45, 7) is 2.74. The summed E-state index contributed by atoms with van der Waals surface area (Å²) in [5.41, 5.74) is 0. The van der Waals surface area contributed by atoms with E-state index in [0.29, 0.717) is 0 Å². The van der Waals surface area contributed by atoms with Gasteiger partial charge in [0.1, 0.15) is 0 Å². The van der Waals surface area contributed by atoms with E-state index < -0.39 is 0 Å². The Morgan fingerprint density at radius 2 is 2.29 bits per heavy atom. The monoisotopic (exact) mass is 215 g/mol. The first kappa shape index (κ1) is 7.65. The van der Waals surface area contributed by atoms with Gasteiger partial charge in [-0.15, -0.1) is 0 Å². The van der Waals surface area contributed by atoms with Crippen LogP contribution in [0.15, 0.2) is 0 Å². The molecule has 0 aromatic carbocycles. The number of nitrogens with zero attached hydrogens (tertiary/aromatic N) is 1. The first-order valence-electron chi connectivity index (χ1n) is 2.25. The van der Waals surface area contributed by atoms with E-state index >= 15 is 0 Å². The number of hydrogen-bond donors (Lipinski definition) is 0. The van der Waals surface area contributed by atoms with Crippen LogP contribution in [0.2, 0.25) is 0 Å². The summed E-state index contributed by atoms with van der Waals surface area (Å²) in [5, 5.41) is 10.4. The molecule has 0 aliphatic carbocycles. The van der Waals surface area contributed by atoms with Crippen molar-refractivity contribution in [3.05, 3.63) is 5.21 Å². The molecule has 2 nitrogen and oxygen atoms in total. The van der Waals surface area contributed by atoms with Crippen LogP contribution in [0.1, 0.15) is 13.3 Å². The second-order valence-corrected chi connectivity index (χ2v) is 3.25. The van der Waals surface area contributed by atoms with Crippen molar-refractivity contribution in [3.8, 4) is 0 Å². The van der Waals surface area contributed by atoms with Crippen molar-refractivity contribution in [1.82, 2.24) is 3.28 Å². The topological polar surface area (TPSA) is 26.3 Å². The average molecular weight is 215 g/mol. The molecule has 0 amide bonds. The first-order valence-corrected chi connectivity index (χ1v) is 5.38. The quantitative estimate of drug-likeness (QED) is 0.232. The zero-order valence-electron chi connectivity index (χ0n) is 4.65. The maximum absolute atomic E-state index is 10.4. The van der Waals surface area contributed by atoms with Gasteiger partial charge < -0.3 is 0 Å². The molecular formula is C4H10INO-2. The summed E-state index contributed by atoms with van der Waals surface area (Å²) in [7, 11) is 0. The van der Waals surface area contributed by atoms with Gasteiger partial charge in [-0.3, -0.25) is 0 Å². The van der Waals surface area contributed by atoms with Gasteiger partial charge in [0.2, 0.25) is 0 Å². The van der Waals surface area contributed by atoms with E-state index in [1.807, 2.05) is 11.9 Å². The Morgan fingerprint density at radius 3 is 2.43 bits per heavy atom. The summed E-state index contributed by atoms with van der Waals surface area (Å²) < 4.78 is 1.17. The molecule has 0 saturated carbocycles. The van der Waals surface area contributed by atoms with Gasteiger partial charge >= 0.3 is 54.8 Å². The number of rotatable bonds is 3. The van der Waals surface area contributed by atoms with Crippen molar-refractivity contribution in [2.75, 3.05) is 11.5 Å². The molecule has 46 valence electrons. The first-order chi connectivity index (χ1) is 3.31. The molecule has 0 aromatic rings. The van der Waals surface area contributed by atoms with Gasteiger partial charge in [0.25, 0.3) is 0 Å². The van der Waals surface area contributed by atoms with Gasteiger partial charge in [0.15, 0.2) is 0 Å². The molecule has 0 radical (unpaired) electrons. The van der Waals surface area contributed by atoms with Crippen LogP contribution in [0.25, 0.3) is 0 Å². The summed E-state index contributed by atoms with van der Waals surface area (Å²) in [5.74, 6) is 0.